The van der Waals surface area contributed by atoms with Crippen molar-refractivity contribution in [1.29, 1.82) is 5.26 Å². The first kappa shape index (κ1) is 14.4. The first-order valence-electron chi connectivity index (χ1n) is 5.51. The number of hydrogen-bond donors (Lipinski definition) is 0. The van der Waals surface area contributed by atoms with Crippen LogP contribution in [0.15, 0.2) is 18.2 Å². The van der Waals surface area contributed by atoms with Crippen molar-refractivity contribution in [3.63, 3.8) is 0 Å². The first-order valence-corrected chi connectivity index (χ1v) is 5.51. The summed E-state index contributed by atoms with van der Waals surface area (Å²) in [6.07, 6.45) is -0.918. The molecule has 0 saturated carbocycles. The minimum Gasteiger partial charge on any atom is -0.487 e. The maximum Gasteiger partial charge on any atom is 0.339 e. The van der Waals surface area contributed by atoms with Crippen molar-refractivity contribution in [3.05, 3.63) is 33.9 Å². The maximum absolute atomic E-state index is 11.6. The van der Waals surface area contributed by atoms with Crippen molar-refractivity contribution in [2.24, 2.45) is 0 Å². The molecule has 7 heteroatoms. The molecule has 0 radical (unpaired) electrons. The number of nitrogens with zero attached hydrogens (tertiary/aromatic N) is 2. The second-order valence-corrected chi connectivity index (χ2v) is 3.55. The van der Waals surface area contributed by atoms with Gasteiger partial charge in [0, 0.05) is 6.07 Å². The average molecular weight is 264 g/mol. The van der Waals surface area contributed by atoms with Gasteiger partial charge in [0.15, 0.2) is 11.9 Å². The second kappa shape index (κ2) is 6.35. The Kier molecular flexibility index (Phi) is 4.83. The molecule has 0 bridgehead atoms. The van der Waals surface area contributed by atoms with Gasteiger partial charge in [-0.15, -0.1) is 0 Å². The number of carbonyl (C=O) groups excluding carboxylic acids is 1. The van der Waals surface area contributed by atoms with Crippen molar-refractivity contribution in [1.82, 2.24) is 0 Å². The standard InChI is InChI=1S/C12H12N2O5/c1-3-18-11-5-4-9(6-10(11)14(16)17)12(15)19-8(2)7-13/h4-6,8H,3H2,1-2H3/t8-/m0/s1. The quantitative estimate of drug-likeness (QED) is 0.458. The molecule has 19 heavy (non-hydrogen) atoms. The van der Waals surface area contributed by atoms with Gasteiger partial charge >= 0.3 is 11.7 Å². The van der Waals surface area contributed by atoms with E-state index in [0.717, 1.165) is 6.07 Å². The van der Waals surface area contributed by atoms with E-state index in [1.54, 1.807) is 13.0 Å². The van der Waals surface area contributed by atoms with Gasteiger partial charge in [-0.1, -0.05) is 0 Å². The molecule has 1 rings (SSSR count). The minimum atomic E-state index is -0.918. The van der Waals surface area contributed by atoms with Crippen LogP contribution in [-0.2, 0) is 4.74 Å². The van der Waals surface area contributed by atoms with Crippen LogP contribution in [0.2, 0.25) is 0 Å². The summed E-state index contributed by atoms with van der Waals surface area (Å²) in [5, 5.41) is 19.4. The number of nitro benzene ring substituents is 1. The summed E-state index contributed by atoms with van der Waals surface area (Å²) in [5.74, 6) is -0.711. The summed E-state index contributed by atoms with van der Waals surface area (Å²) in [5.41, 5.74) is -0.321. The van der Waals surface area contributed by atoms with E-state index in [4.69, 9.17) is 14.7 Å². The summed E-state index contributed by atoms with van der Waals surface area (Å²) in [4.78, 5) is 21.8. The van der Waals surface area contributed by atoms with E-state index < -0.39 is 17.0 Å². The fraction of sp³-hybridized carbons (Fsp3) is 0.333. The fourth-order valence-electron chi connectivity index (χ4n) is 1.32. The normalized spacial score (nSPS) is 11.2. The molecular formula is C12H12N2O5. The molecule has 1 aromatic rings. The first-order chi connectivity index (χ1) is 8.99. The molecule has 0 amide bonds. The van der Waals surface area contributed by atoms with Gasteiger partial charge < -0.3 is 9.47 Å². The van der Waals surface area contributed by atoms with Gasteiger partial charge in [0.2, 0.25) is 0 Å². The third-order valence-electron chi connectivity index (χ3n) is 2.16. The van der Waals surface area contributed by atoms with E-state index in [9.17, 15) is 14.9 Å². The Labute approximate surface area is 109 Å². The Balaban J connectivity index is 3.05. The zero-order valence-corrected chi connectivity index (χ0v) is 10.5. The largest absolute Gasteiger partial charge is 0.487 e. The molecule has 0 saturated heterocycles. The van der Waals surface area contributed by atoms with Gasteiger partial charge in [0.25, 0.3) is 0 Å². The van der Waals surface area contributed by atoms with Gasteiger partial charge in [0.05, 0.1) is 17.1 Å². The van der Waals surface area contributed by atoms with Gasteiger partial charge in [0.1, 0.15) is 6.07 Å². The predicted molar refractivity (Wildman–Crippen MR) is 64.8 cm³/mol. The average Bonchev–Trinajstić information content (AvgIpc) is 2.38. The van der Waals surface area contributed by atoms with E-state index in [0.29, 0.717) is 0 Å². The van der Waals surface area contributed by atoms with Gasteiger partial charge in [-0.25, -0.2) is 4.79 Å². The highest BCUT2D eigenvalue weighted by atomic mass is 16.6. The molecule has 0 aliphatic carbocycles. The van der Waals surface area contributed by atoms with Crippen LogP contribution >= 0.6 is 0 Å². The summed E-state index contributed by atoms with van der Waals surface area (Å²) in [6.45, 7) is 3.37. The van der Waals surface area contributed by atoms with Crippen molar-refractivity contribution in [3.8, 4) is 11.8 Å². The predicted octanol–water partition coefficient (Wildman–Crippen LogP) is 2.06. The zero-order valence-electron chi connectivity index (χ0n) is 10.5. The summed E-state index contributed by atoms with van der Waals surface area (Å²) < 4.78 is 9.85. The van der Waals surface area contributed by atoms with Gasteiger partial charge in [-0.3, -0.25) is 10.1 Å². The van der Waals surface area contributed by atoms with E-state index in [2.05, 4.69) is 0 Å². The topological polar surface area (TPSA) is 102 Å². The molecule has 1 aromatic carbocycles. The van der Waals surface area contributed by atoms with Crippen LogP contribution in [0.25, 0.3) is 0 Å². The lowest BCUT2D eigenvalue weighted by Gasteiger charge is -2.08. The highest BCUT2D eigenvalue weighted by Crippen LogP contribution is 2.28. The number of hydrogen-bond acceptors (Lipinski definition) is 6. The van der Waals surface area contributed by atoms with Gasteiger partial charge in [-0.05, 0) is 26.0 Å². The lowest BCUT2D eigenvalue weighted by Crippen LogP contribution is -2.13. The smallest absolute Gasteiger partial charge is 0.339 e. The molecule has 0 spiro atoms. The second-order valence-electron chi connectivity index (χ2n) is 3.55. The molecule has 0 aliphatic rings. The van der Waals surface area contributed by atoms with Crippen LogP contribution in [0.3, 0.4) is 0 Å². The van der Waals surface area contributed by atoms with Crippen LogP contribution in [-0.4, -0.2) is 23.6 Å². The monoisotopic (exact) mass is 264 g/mol. The molecule has 0 aliphatic heterocycles. The highest BCUT2D eigenvalue weighted by molar-refractivity contribution is 5.90. The molecule has 100 valence electrons. The number of nitriles is 1. The number of esters is 1. The summed E-state index contributed by atoms with van der Waals surface area (Å²) >= 11 is 0. The number of ether oxygens (including phenoxy) is 2. The lowest BCUT2D eigenvalue weighted by molar-refractivity contribution is -0.385. The summed E-state index contributed by atoms with van der Waals surface area (Å²) in [7, 11) is 0. The third kappa shape index (κ3) is 3.67. The van der Waals surface area contributed by atoms with Crippen molar-refractivity contribution in [2.75, 3.05) is 6.61 Å². The van der Waals surface area contributed by atoms with Crippen LogP contribution in [0, 0.1) is 21.4 Å². The Bertz CT molecular complexity index is 535. The molecule has 0 aromatic heterocycles. The number of nitro groups is 1. The Morgan fingerprint density at radius 2 is 2.26 bits per heavy atom. The van der Waals surface area contributed by atoms with Crippen LogP contribution in [0.4, 0.5) is 5.69 Å². The molecule has 0 N–H and O–H groups in total. The molecule has 0 heterocycles. The third-order valence-corrected chi connectivity index (χ3v) is 2.16. The Morgan fingerprint density at radius 1 is 1.58 bits per heavy atom. The van der Waals surface area contributed by atoms with Crippen LogP contribution in [0.1, 0.15) is 24.2 Å². The van der Waals surface area contributed by atoms with E-state index >= 15 is 0 Å². The van der Waals surface area contributed by atoms with E-state index in [1.807, 2.05) is 0 Å². The molecule has 0 unspecified atom stereocenters. The van der Waals surface area contributed by atoms with Crippen LogP contribution in [0.5, 0.6) is 5.75 Å². The maximum atomic E-state index is 11.6. The van der Waals surface area contributed by atoms with Crippen molar-refractivity contribution >= 4 is 11.7 Å². The molecule has 7 nitrogen and oxygen atoms in total. The fourth-order valence-corrected chi connectivity index (χ4v) is 1.32. The van der Waals surface area contributed by atoms with Crippen LogP contribution < -0.4 is 4.74 Å². The SMILES string of the molecule is CCOc1ccc(C(=O)O[C@@H](C)C#N)cc1[N+](=O)[O-]. The van der Waals surface area contributed by atoms with Crippen molar-refractivity contribution in [2.45, 2.75) is 20.0 Å². The molecular weight excluding hydrogens is 252 g/mol. The molecule has 1 atom stereocenters. The van der Waals surface area contributed by atoms with Crippen molar-refractivity contribution < 1.29 is 19.2 Å². The van der Waals surface area contributed by atoms with Gasteiger partial charge in [-0.2, -0.15) is 5.26 Å². The van der Waals surface area contributed by atoms with E-state index in [-0.39, 0.29) is 23.6 Å². The Morgan fingerprint density at radius 3 is 2.79 bits per heavy atom. The molecule has 0 fully saturated rings. The highest BCUT2D eigenvalue weighted by Gasteiger charge is 2.20. The van der Waals surface area contributed by atoms with E-state index in [1.165, 1.54) is 19.1 Å². The zero-order chi connectivity index (χ0) is 14.4. The lowest BCUT2D eigenvalue weighted by atomic mass is 10.2. The number of carbonyl (C=O) groups is 1. The summed E-state index contributed by atoms with van der Waals surface area (Å²) in [6, 6.07) is 5.48. The minimum absolute atomic E-state index is 0.00254. The Hall–Kier alpha value is -2.62. The number of benzene rings is 1. The number of rotatable bonds is 5.